The monoisotopic (exact) mass is 667 g/mol. The molecule has 2 heterocycles. The van der Waals surface area contributed by atoms with Gasteiger partial charge in [-0.1, -0.05) is 40.8 Å². The van der Waals surface area contributed by atoms with Gasteiger partial charge < -0.3 is 9.87 Å². The van der Waals surface area contributed by atoms with Crippen LogP contribution in [-0.2, 0) is 22.3 Å². The molecule has 13 heteroatoms. The molecule has 5 rings (SSSR count). The molecule has 1 aliphatic heterocycles. The maximum atomic E-state index is 14.4. The highest BCUT2D eigenvalue weighted by Gasteiger charge is 2.47. The van der Waals surface area contributed by atoms with E-state index in [2.05, 4.69) is 9.71 Å². The number of hydrogen-bond acceptors (Lipinski definition) is 5. The highest BCUT2D eigenvalue weighted by atomic mass is 32.2. The van der Waals surface area contributed by atoms with Crippen LogP contribution in [0.2, 0.25) is 0 Å². The van der Waals surface area contributed by atoms with Crippen molar-refractivity contribution in [3.05, 3.63) is 113 Å². The Balaban J connectivity index is 1.76. The van der Waals surface area contributed by atoms with Gasteiger partial charge in [0.25, 0.3) is 11.8 Å². The summed E-state index contributed by atoms with van der Waals surface area (Å²) in [6.07, 6.45) is -4.69. The summed E-state index contributed by atoms with van der Waals surface area (Å²) < 4.78 is 73.2. The number of likely N-dealkylation sites (N-methyl/N-ethyl adjacent to an activating group) is 1. The molecule has 0 unspecified atom stereocenters. The number of aromatic nitrogens is 2. The van der Waals surface area contributed by atoms with Crippen molar-refractivity contribution in [1.82, 2.24) is 15.1 Å². The minimum Gasteiger partial charge on any atom is -0.591 e. The van der Waals surface area contributed by atoms with Crippen molar-refractivity contribution in [2.24, 2.45) is 4.40 Å². The molecule has 3 atom stereocenters. The third kappa shape index (κ3) is 6.82. The van der Waals surface area contributed by atoms with E-state index in [-0.39, 0.29) is 12.1 Å². The first-order valence-corrected chi connectivity index (χ1v) is 15.9. The summed E-state index contributed by atoms with van der Waals surface area (Å²) in [5, 5.41) is 7.56. The number of para-hydroxylation sites is 1. The number of hydrogen-bond donors (Lipinski definition) is 1. The number of carbonyl (C=O) groups is 2. The number of benzene rings is 3. The lowest BCUT2D eigenvalue weighted by atomic mass is 9.80. The maximum absolute atomic E-state index is 14.4. The van der Waals surface area contributed by atoms with Gasteiger partial charge in [0.15, 0.2) is 0 Å². The Bertz CT molecular complexity index is 1820. The zero-order valence-electron chi connectivity index (χ0n) is 26.3. The molecule has 0 aliphatic carbocycles. The summed E-state index contributed by atoms with van der Waals surface area (Å²) in [6, 6.07) is 17.0. The first-order valence-electron chi connectivity index (χ1n) is 14.8. The average molecular weight is 668 g/mol. The molecule has 47 heavy (non-hydrogen) atoms. The van der Waals surface area contributed by atoms with Crippen LogP contribution in [0.1, 0.15) is 73.3 Å². The molecule has 1 aromatic heterocycles. The van der Waals surface area contributed by atoms with Crippen molar-refractivity contribution >= 4 is 34.7 Å². The Morgan fingerprint density at radius 1 is 1.02 bits per heavy atom. The topological polar surface area (TPSA) is 103 Å². The van der Waals surface area contributed by atoms with E-state index in [9.17, 15) is 31.7 Å². The normalized spacial score (nSPS) is 17.8. The second-order valence-corrected chi connectivity index (χ2v) is 13.9. The second-order valence-electron chi connectivity index (χ2n) is 12.0. The molecular weight excluding hydrogens is 634 g/mol. The second kappa shape index (κ2) is 13.0. The fourth-order valence-electron chi connectivity index (χ4n) is 5.41. The van der Waals surface area contributed by atoms with Crippen molar-refractivity contribution in [3.63, 3.8) is 0 Å². The third-order valence-electron chi connectivity index (χ3n) is 7.70. The summed E-state index contributed by atoms with van der Waals surface area (Å²) in [5.41, 5.74) is 0.767. The Morgan fingerprint density at radius 2 is 1.68 bits per heavy atom. The first kappa shape index (κ1) is 33.9. The van der Waals surface area contributed by atoms with Gasteiger partial charge in [0.1, 0.15) is 45.2 Å². The van der Waals surface area contributed by atoms with E-state index < -0.39 is 57.4 Å². The number of alkyl halides is 3. The lowest BCUT2D eigenvalue weighted by Crippen LogP contribution is -2.55. The lowest BCUT2D eigenvalue weighted by Gasteiger charge is -2.38. The minimum absolute atomic E-state index is 0.139. The van der Waals surface area contributed by atoms with Crippen LogP contribution < -0.4 is 10.2 Å². The first-order chi connectivity index (χ1) is 22.1. The van der Waals surface area contributed by atoms with E-state index in [4.69, 9.17) is 5.10 Å². The zero-order chi connectivity index (χ0) is 34.3. The number of halogens is 4. The zero-order valence-corrected chi connectivity index (χ0v) is 27.1. The number of nitrogens with one attached hydrogen (secondary N) is 1. The molecule has 0 saturated carbocycles. The smallest absolute Gasteiger partial charge is 0.416 e. The molecule has 1 N–H and O–H groups in total. The van der Waals surface area contributed by atoms with Gasteiger partial charge in [-0.3, -0.25) is 14.5 Å². The van der Waals surface area contributed by atoms with Gasteiger partial charge in [0, 0.05) is 23.6 Å². The highest BCUT2D eigenvalue weighted by molar-refractivity contribution is 7.91. The van der Waals surface area contributed by atoms with Gasteiger partial charge in [0.2, 0.25) is 0 Å². The van der Waals surface area contributed by atoms with Gasteiger partial charge in [-0.05, 0) is 82.6 Å². The molecular formula is C34H33F4N5O3S. The summed E-state index contributed by atoms with van der Waals surface area (Å²) in [5.74, 6) is -2.61. The van der Waals surface area contributed by atoms with E-state index in [1.165, 1.54) is 35.2 Å². The molecule has 0 radical (unpaired) electrons. The molecule has 0 spiro atoms. The molecule has 246 valence electrons. The molecule has 2 amide bonds. The average Bonchev–Trinajstić information content (AvgIpc) is 3.42. The summed E-state index contributed by atoms with van der Waals surface area (Å²) in [6.45, 7) is 8.84. The number of nitrogens with zero attached hydrogens (tertiary/aromatic N) is 4. The van der Waals surface area contributed by atoms with Crippen LogP contribution in [0.4, 0.5) is 23.4 Å². The van der Waals surface area contributed by atoms with E-state index in [0.717, 1.165) is 18.2 Å². The summed E-state index contributed by atoms with van der Waals surface area (Å²) in [7, 11) is 0. The molecule has 3 aromatic carbocycles. The Hall–Kier alpha value is -4.49. The maximum Gasteiger partial charge on any atom is 0.416 e. The Kier molecular flexibility index (Phi) is 9.33. The number of anilines is 1. The van der Waals surface area contributed by atoms with Crippen molar-refractivity contribution < 1.29 is 31.7 Å². The van der Waals surface area contributed by atoms with E-state index >= 15 is 0 Å². The molecule has 0 bridgehead atoms. The van der Waals surface area contributed by atoms with Crippen LogP contribution in [0.25, 0.3) is 5.69 Å². The fraction of sp³-hybridized carbons (Fsp3) is 0.294. The number of amides is 2. The van der Waals surface area contributed by atoms with Crippen LogP contribution in [0.5, 0.6) is 0 Å². The molecule has 0 fully saturated rings. The molecule has 1 aliphatic rings. The molecule has 8 nitrogen and oxygen atoms in total. The van der Waals surface area contributed by atoms with E-state index in [0.29, 0.717) is 34.0 Å². The Morgan fingerprint density at radius 3 is 2.28 bits per heavy atom. The van der Waals surface area contributed by atoms with Gasteiger partial charge in [-0.25, -0.2) is 9.07 Å². The standard InChI is InChI=1S/C34H33F4N5O3S/c1-6-42-31-27(28(20(2)41-47(46)33(3,4)5)40-43(31)25-13-8-7-9-14-25)26(21-15-17-24(35)18-16-21)29(32(42)45)39-30(44)22-11-10-12-23(19-22)34(36,37)38/h7-19,26,29H,6H2,1-5H3,(H,39,44)/b41-20+/t26-,29-,47-/m1/s1. The number of carbonyl (C=O) groups excluding carboxylic acids is 2. The quantitative estimate of drug-likeness (QED) is 0.136. The van der Waals surface area contributed by atoms with Gasteiger partial charge in [-0.2, -0.15) is 18.3 Å². The SMILES string of the molecule is CCN1C(=O)[C@H](NC(=O)c2cccc(C(F)(F)F)c2)[C@H](c2ccc(F)cc2)c2c(/C(C)=N/[S@+]([O-])C(C)(C)C)nn(-c3ccccc3)c21. The largest absolute Gasteiger partial charge is 0.591 e. The van der Waals surface area contributed by atoms with Crippen LogP contribution in [-0.4, -0.2) is 49.2 Å². The summed E-state index contributed by atoms with van der Waals surface area (Å²) in [4.78, 5) is 29.4. The predicted molar refractivity (Wildman–Crippen MR) is 173 cm³/mol. The highest BCUT2D eigenvalue weighted by Crippen LogP contribution is 2.44. The third-order valence-corrected chi connectivity index (χ3v) is 9.19. The fourth-order valence-corrected chi connectivity index (χ4v) is 6.02. The van der Waals surface area contributed by atoms with E-state index in [1.54, 1.807) is 63.6 Å². The van der Waals surface area contributed by atoms with Crippen molar-refractivity contribution in [1.29, 1.82) is 0 Å². The van der Waals surface area contributed by atoms with Crippen LogP contribution >= 0.6 is 0 Å². The van der Waals surface area contributed by atoms with Gasteiger partial charge in [-0.15, -0.1) is 0 Å². The minimum atomic E-state index is -4.69. The van der Waals surface area contributed by atoms with Crippen molar-refractivity contribution in [2.45, 2.75) is 57.5 Å². The molecule has 4 aromatic rings. The predicted octanol–water partition coefficient (Wildman–Crippen LogP) is 6.60. The molecule has 0 saturated heterocycles. The van der Waals surface area contributed by atoms with Crippen molar-refractivity contribution in [3.8, 4) is 5.69 Å². The Labute approximate surface area is 272 Å². The summed E-state index contributed by atoms with van der Waals surface area (Å²) >= 11 is -1.69. The van der Waals surface area contributed by atoms with Crippen LogP contribution in [0.3, 0.4) is 0 Å². The number of rotatable bonds is 7. The number of fused-ring (bicyclic) bond motifs is 1. The van der Waals surface area contributed by atoms with Crippen molar-refractivity contribution in [2.75, 3.05) is 11.4 Å². The lowest BCUT2D eigenvalue weighted by molar-refractivity contribution is -0.137. The van der Waals surface area contributed by atoms with Gasteiger partial charge in [0.05, 0.1) is 11.3 Å². The van der Waals surface area contributed by atoms with Gasteiger partial charge >= 0.3 is 6.18 Å². The van der Waals surface area contributed by atoms with Crippen LogP contribution in [0.15, 0.2) is 83.3 Å². The van der Waals surface area contributed by atoms with E-state index in [1.807, 2.05) is 6.07 Å². The van der Waals surface area contributed by atoms with Crippen LogP contribution in [0, 0.1) is 5.82 Å².